The number of carbonyl (C=O) groups is 2. The Hall–Kier alpha value is -3.40. The van der Waals surface area contributed by atoms with E-state index in [1.54, 1.807) is 47.5 Å². The van der Waals surface area contributed by atoms with E-state index in [1.807, 2.05) is 11.0 Å². The maximum atomic E-state index is 13.1. The molecular formula is C24H24Cl2N6O3. The van der Waals surface area contributed by atoms with Gasteiger partial charge in [0.25, 0.3) is 5.91 Å². The number of pyridine rings is 2. The van der Waals surface area contributed by atoms with Crippen molar-refractivity contribution in [2.24, 2.45) is 0 Å². The standard InChI is InChI=1S/C24H24Cl2N6O3/c25-18-4-3-5-19(26)17(18)15-35-20-12-16(13-29-23(20)27)24(34)32-10-8-31(9-11-32)14-22(33)30-21-6-1-2-7-28-21/h1-7,12-13H,8-11,14-15H2,(H2,27,29)(H,28,30,33). The highest BCUT2D eigenvalue weighted by Crippen LogP contribution is 2.28. The summed E-state index contributed by atoms with van der Waals surface area (Å²) in [6.45, 7) is 2.40. The molecule has 9 nitrogen and oxygen atoms in total. The van der Waals surface area contributed by atoms with Gasteiger partial charge in [-0.05, 0) is 30.3 Å². The number of amides is 2. The van der Waals surface area contributed by atoms with Crippen LogP contribution in [0.15, 0.2) is 54.9 Å². The van der Waals surface area contributed by atoms with Gasteiger partial charge in [-0.15, -0.1) is 0 Å². The molecule has 0 spiro atoms. The average Bonchev–Trinajstić information content (AvgIpc) is 2.85. The first-order valence-corrected chi connectivity index (χ1v) is 11.7. The van der Waals surface area contributed by atoms with Crippen LogP contribution in [0.25, 0.3) is 0 Å². The van der Waals surface area contributed by atoms with Gasteiger partial charge in [0.2, 0.25) is 5.91 Å². The summed E-state index contributed by atoms with van der Waals surface area (Å²) in [5, 5.41) is 3.72. The van der Waals surface area contributed by atoms with Gasteiger partial charge in [0, 0.05) is 54.2 Å². The van der Waals surface area contributed by atoms with Crippen LogP contribution in [-0.2, 0) is 11.4 Å². The molecule has 1 aliphatic rings. The monoisotopic (exact) mass is 514 g/mol. The van der Waals surface area contributed by atoms with Crippen LogP contribution in [0.1, 0.15) is 15.9 Å². The van der Waals surface area contributed by atoms with Gasteiger partial charge in [-0.2, -0.15) is 0 Å². The van der Waals surface area contributed by atoms with Crippen LogP contribution in [0, 0.1) is 0 Å². The van der Waals surface area contributed by atoms with Crippen LogP contribution in [-0.4, -0.2) is 64.3 Å². The lowest BCUT2D eigenvalue weighted by Gasteiger charge is -2.34. The van der Waals surface area contributed by atoms with Crippen molar-refractivity contribution in [2.45, 2.75) is 6.61 Å². The second-order valence-electron chi connectivity index (χ2n) is 7.93. The SMILES string of the molecule is Nc1ncc(C(=O)N2CCN(CC(=O)Nc3ccccn3)CC2)cc1OCc1c(Cl)cccc1Cl. The van der Waals surface area contributed by atoms with Crippen molar-refractivity contribution in [2.75, 3.05) is 43.8 Å². The van der Waals surface area contributed by atoms with E-state index in [0.29, 0.717) is 53.2 Å². The smallest absolute Gasteiger partial charge is 0.255 e. The molecule has 1 fully saturated rings. The maximum absolute atomic E-state index is 13.1. The minimum absolute atomic E-state index is 0.0846. The molecule has 0 unspecified atom stereocenters. The fourth-order valence-corrected chi connectivity index (χ4v) is 4.13. The van der Waals surface area contributed by atoms with E-state index >= 15 is 0 Å². The average molecular weight is 515 g/mol. The summed E-state index contributed by atoms with van der Waals surface area (Å²) in [6.07, 6.45) is 3.05. The molecule has 2 amide bonds. The largest absolute Gasteiger partial charge is 0.485 e. The maximum Gasteiger partial charge on any atom is 0.255 e. The van der Waals surface area contributed by atoms with Crippen molar-refractivity contribution >= 4 is 46.7 Å². The number of benzene rings is 1. The summed E-state index contributed by atoms with van der Waals surface area (Å²) in [4.78, 5) is 37.2. The number of nitrogens with two attached hydrogens (primary N) is 1. The normalized spacial score (nSPS) is 13.9. The third kappa shape index (κ3) is 6.39. The minimum Gasteiger partial charge on any atom is -0.485 e. The van der Waals surface area contributed by atoms with E-state index in [9.17, 15) is 9.59 Å². The Labute approximate surface area is 212 Å². The van der Waals surface area contributed by atoms with Crippen molar-refractivity contribution in [3.8, 4) is 5.75 Å². The molecule has 11 heteroatoms. The number of hydrogen-bond donors (Lipinski definition) is 2. The number of rotatable bonds is 7. The van der Waals surface area contributed by atoms with Gasteiger partial charge in [-0.3, -0.25) is 14.5 Å². The van der Waals surface area contributed by atoms with Gasteiger partial charge in [-0.25, -0.2) is 9.97 Å². The summed E-state index contributed by atoms with van der Waals surface area (Å²) in [6, 6.07) is 12.1. The van der Waals surface area contributed by atoms with Gasteiger partial charge in [-0.1, -0.05) is 35.3 Å². The first kappa shape index (κ1) is 24.7. The zero-order valence-electron chi connectivity index (χ0n) is 18.8. The highest BCUT2D eigenvalue weighted by Gasteiger charge is 2.24. The molecule has 3 heterocycles. The lowest BCUT2D eigenvalue weighted by molar-refractivity contribution is -0.117. The minimum atomic E-state index is -0.185. The zero-order chi connectivity index (χ0) is 24.8. The Kier molecular flexibility index (Phi) is 8.02. The van der Waals surface area contributed by atoms with E-state index in [1.165, 1.54) is 6.20 Å². The van der Waals surface area contributed by atoms with Crippen LogP contribution in [0.5, 0.6) is 5.75 Å². The number of nitrogens with one attached hydrogen (secondary N) is 1. The number of nitrogen functional groups attached to an aromatic ring is 1. The van der Waals surface area contributed by atoms with Gasteiger partial charge < -0.3 is 20.7 Å². The summed E-state index contributed by atoms with van der Waals surface area (Å²) in [7, 11) is 0. The van der Waals surface area contributed by atoms with Gasteiger partial charge in [0.15, 0.2) is 11.6 Å². The van der Waals surface area contributed by atoms with E-state index < -0.39 is 0 Å². The molecule has 3 aromatic rings. The molecule has 2 aromatic heterocycles. The van der Waals surface area contributed by atoms with Crippen LogP contribution in [0.2, 0.25) is 10.0 Å². The van der Waals surface area contributed by atoms with Gasteiger partial charge in [0.1, 0.15) is 12.4 Å². The molecule has 0 atom stereocenters. The first-order valence-electron chi connectivity index (χ1n) is 10.9. The predicted octanol–water partition coefficient (Wildman–Crippen LogP) is 3.34. The lowest BCUT2D eigenvalue weighted by atomic mass is 10.2. The summed E-state index contributed by atoms with van der Waals surface area (Å²) in [5.74, 6) is 0.615. The summed E-state index contributed by atoms with van der Waals surface area (Å²) >= 11 is 12.4. The topological polar surface area (TPSA) is 114 Å². The molecule has 1 saturated heterocycles. The Morgan fingerprint density at radius 1 is 1.03 bits per heavy atom. The second-order valence-corrected chi connectivity index (χ2v) is 8.74. The van der Waals surface area contributed by atoms with Crippen molar-refractivity contribution in [1.29, 1.82) is 0 Å². The van der Waals surface area contributed by atoms with E-state index in [4.69, 9.17) is 33.7 Å². The van der Waals surface area contributed by atoms with Crippen molar-refractivity contribution in [3.05, 3.63) is 76.0 Å². The molecule has 0 radical (unpaired) electrons. The first-order chi connectivity index (χ1) is 16.9. The number of nitrogens with zero attached hydrogens (tertiary/aromatic N) is 4. The number of piperazine rings is 1. The molecule has 1 aromatic carbocycles. The van der Waals surface area contributed by atoms with E-state index in [0.717, 1.165) is 0 Å². The van der Waals surface area contributed by atoms with E-state index in [-0.39, 0.29) is 36.5 Å². The molecule has 3 N–H and O–H groups in total. The Morgan fingerprint density at radius 3 is 2.46 bits per heavy atom. The molecule has 182 valence electrons. The Balaban J connectivity index is 1.32. The fourth-order valence-electron chi connectivity index (χ4n) is 3.62. The van der Waals surface area contributed by atoms with E-state index in [2.05, 4.69) is 15.3 Å². The van der Waals surface area contributed by atoms with Crippen LogP contribution in [0.4, 0.5) is 11.6 Å². The number of halogens is 2. The van der Waals surface area contributed by atoms with Crippen LogP contribution < -0.4 is 15.8 Å². The summed E-state index contributed by atoms with van der Waals surface area (Å²) in [5.41, 5.74) is 6.93. The number of anilines is 2. The molecule has 0 aliphatic carbocycles. The van der Waals surface area contributed by atoms with Crippen LogP contribution in [0.3, 0.4) is 0 Å². The quantitative estimate of drug-likeness (QED) is 0.496. The Morgan fingerprint density at radius 2 is 1.77 bits per heavy atom. The highest BCUT2D eigenvalue weighted by atomic mass is 35.5. The van der Waals surface area contributed by atoms with Crippen molar-refractivity contribution in [3.63, 3.8) is 0 Å². The van der Waals surface area contributed by atoms with Gasteiger partial charge >= 0.3 is 0 Å². The highest BCUT2D eigenvalue weighted by molar-refractivity contribution is 6.35. The number of aromatic nitrogens is 2. The molecule has 35 heavy (non-hydrogen) atoms. The summed E-state index contributed by atoms with van der Waals surface area (Å²) < 4.78 is 5.79. The Bertz CT molecular complexity index is 1180. The number of hydrogen-bond acceptors (Lipinski definition) is 7. The molecular weight excluding hydrogens is 491 g/mol. The third-order valence-corrected chi connectivity index (χ3v) is 6.23. The molecule has 1 aliphatic heterocycles. The van der Waals surface area contributed by atoms with Crippen LogP contribution >= 0.6 is 23.2 Å². The second kappa shape index (κ2) is 11.4. The van der Waals surface area contributed by atoms with Crippen molar-refractivity contribution in [1.82, 2.24) is 19.8 Å². The molecule has 0 saturated carbocycles. The van der Waals surface area contributed by atoms with Crippen molar-refractivity contribution < 1.29 is 14.3 Å². The fraction of sp³-hybridized carbons (Fsp3) is 0.250. The number of ether oxygens (including phenoxy) is 1. The number of carbonyl (C=O) groups excluding carboxylic acids is 2. The lowest BCUT2D eigenvalue weighted by Crippen LogP contribution is -2.50. The zero-order valence-corrected chi connectivity index (χ0v) is 20.3. The van der Waals surface area contributed by atoms with Gasteiger partial charge in [0.05, 0.1) is 12.1 Å². The third-order valence-electron chi connectivity index (χ3n) is 5.52. The predicted molar refractivity (Wildman–Crippen MR) is 135 cm³/mol. The molecule has 0 bridgehead atoms. The molecule has 4 rings (SSSR count).